The largest absolute Gasteiger partial charge is 0.396 e. The van der Waals surface area contributed by atoms with E-state index in [1.165, 1.54) is 0 Å². The van der Waals surface area contributed by atoms with Crippen LogP contribution in [0.15, 0.2) is 72.8 Å². The molecule has 0 heterocycles. The van der Waals surface area contributed by atoms with E-state index in [2.05, 4.69) is 23.5 Å². The van der Waals surface area contributed by atoms with Crippen molar-refractivity contribution in [3.8, 4) is 11.1 Å². The molecule has 3 aromatic rings. The first-order valence-corrected chi connectivity index (χ1v) is 7.09. The second-order valence-corrected chi connectivity index (χ2v) is 5.14. The van der Waals surface area contributed by atoms with Crippen LogP contribution in [0.25, 0.3) is 11.1 Å². The Balaban J connectivity index is 2.02. The molecular weight excluding hydrogens is 280 g/mol. The van der Waals surface area contributed by atoms with Crippen LogP contribution in [0.4, 0.5) is 17.1 Å². The highest BCUT2D eigenvalue weighted by Gasteiger charge is 2.07. The lowest BCUT2D eigenvalue weighted by molar-refractivity contribution is 1.53. The predicted molar refractivity (Wildman–Crippen MR) is 91.0 cm³/mol. The number of nitrogens with one attached hydrogen (secondary N) is 1. The van der Waals surface area contributed by atoms with Crippen molar-refractivity contribution in [2.24, 2.45) is 0 Å². The molecule has 3 aromatic carbocycles. The minimum absolute atomic E-state index is 0.553. The zero-order chi connectivity index (χ0) is 14.7. The van der Waals surface area contributed by atoms with E-state index in [1.807, 2.05) is 48.5 Å². The van der Waals surface area contributed by atoms with Crippen molar-refractivity contribution in [2.45, 2.75) is 0 Å². The molecule has 0 aliphatic carbocycles. The molecule has 21 heavy (non-hydrogen) atoms. The third kappa shape index (κ3) is 2.86. The Bertz CT molecular complexity index is 754. The number of hydrogen-bond acceptors (Lipinski definition) is 2. The summed E-state index contributed by atoms with van der Waals surface area (Å²) in [4.78, 5) is 0. The fraction of sp³-hybridized carbons (Fsp3) is 0. The smallest absolute Gasteiger partial charge is 0.0742 e. The number of nitrogen functional groups attached to an aromatic ring is 1. The molecule has 0 fully saturated rings. The van der Waals surface area contributed by atoms with Gasteiger partial charge in [-0.1, -0.05) is 66.2 Å². The maximum absolute atomic E-state index is 6.07. The van der Waals surface area contributed by atoms with Crippen molar-refractivity contribution >= 4 is 28.7 Å². The Kier molecular flexibility index (Phi) is 3.80. The molecule has 0 radical (unpaired) electrons. The van der Waals surface area contributed by atoms with Crippen molar-refractivity contribution in [1.82, 2.24) is 0 Å². The van der Waals surface area contributed by atoms with Crippen LogP contribution in [0, 0.1) is 0 Å². The minimum Gasteiger partial charge on any atom is -0.396 e. The van der Waals surface area contributed by atoms with Crippen LogP contribution in [0.3, 0.4) is 0 Å². The quantitative estimate of drug-likeness (QED) is 0.640. The lowest BCUT2D eigenvalue weighted by Gasteiger charge is -2.14. The molecule has 0 bridgehead atoms. The summed E-state index contributed by atoms with van der Waals surface area (Å²) in [5.74, 6) is 0. The molecule has 0 atom stereocenters. The summed E-state index contributed by atoms with van der Waals surface area (Å²) in [6.07, 6.45) is 0. The van der Waals surface area contributed by atoms with E-state index < -0.39 is 0 Å². The predicted octanol–water partition coefficient (Wildman–Crippen LogP) is 5.33. The van der Waals surface area contributed by atoms with E-state index in [9.17, 15) is 0 Å². The Hall–Kier alpha value is -2.45. The molecule has 3 heteroatoms. The topological polar surface area (TPSA) is 38.0 Å². The third-order valence-electron chi connectivity index (χ3n) is 3.33. The Labute approximate surface area is 129 Å². The normalized spacial score (nSPS) is 10.3. The van der Waals surface area contributed by atoms with Gasteiger partial charge in [-0.15, -0.1) is 0 Å². The monoisotopic (exact) mass is 294 g/mol. The molecular formula is C18H15ClN2. The second kappa shape index (κ2) is 5.90. The first kappa shape index (κ1) is 13.5. The molecule has 0 aliphatic heterocycles. The van der Waals surface area contributed by atoms with Gasteiger partial charge in [0, 0.05) is 11.3 Å². The summed E-state index contributed by atoms with van der Waals surface area (Å²) in [5.41, 5.74) is 10.7. The number of halogens is 1. The highest BCUT2D eigenvalue weighted by Crippen LogP contribution is 2.34. The van der Waals surface area contributed by atoms with Gasteiger partial charge in [0.25, 0.3) is 0 Å². The highest BCUT2D eigenvalue weighted by molar-refractivity contribution is 6.33. The maximum Gasteiger partial charge on any atom is 0.0742 e. The van der Waals surface area contributed by atoms with Gasteiger partial charge in [-0.05, 0) is 23.8 Å². The van der Waals surface area contributed by atoms with Crippen LogP contribution >= 0.6 is 11.6 Å². The maximum atomic E-state index is 6.07. The van der Waals surface area contributed by atoms with Crippen molar-refractivity contribution in [3.05, 3.63) is 77.8 Å². The van der Waals surface area contributed by atoms with Crippen LogP contribution in [-0.2, 0) is 0 Å². The zero-order valence-electron chi connectivity index (χ0n) is 11.4. The lowest BCUT2D eigenvalue weighted by atomic mass is 10.0. The number of anilines is 3. The van der Waals surface area contributed by atoms with Crippen molar-refractivity contribution in [3.63, 3.8) is 0 Å². The van der Waals surface area contributed by atoms with Crippen molar-refractivity contribution in [1.29, 1.82) is 0 Å². The van der Waals surface area contributed by atoms with Gasteiger partial charge in [0.15, 0.2) is 0 Å². The van der Waals surface area contributed by atoms with Gasteiger partial charge in [0.05, 0.1) is 16.4 Å². The molecule has 0 amide bonds. The number of rotatable bonds is 3. The van der Waals surface area contributed by atoms with E-state index in [4.69, 9.17) is 17.3 Å². The highest BCUT2D eigenvalue weighted by atomic mass is 35.5. The summed E-state index contributed by atoms with van der Waals surface area (Å²) in [5, 5.41) is 3.92. The average Bonchev–Trinajstić information content (AvgIpc) is 2.53. The van der Waals surface area contributed by atoms with Gasteiger partial charge in [-0.2, -0.15) is 0 Å². The van der Waals surface area contributed by atoms with Gasteiger partial charge < -0.3 is 11.1 Å². The Morgan fingerprint density at radius 1 is 0.714 bits per heavy atom. The molecule has 3 N–H and O–H groups in total. The molecule has 2 nitrogen and oxygen atoms in total. The molecule has 3 rings (SSSR count). The Morgan fingerprint density at radius 2 is 1.38 bits per heavy atom. The number of nitrogens with two attached hydrogens (primary N) is 1. The summed E-state index contributed by atoms with van der Waals surface area (Å²) in [6.45, 7) is 0. The van der Waals surface area contributed by atoms with Gasteiger partial charge in [0.2, 0.25) is 0 Å². The molecule has 104 valence electrons. The summed E-state index contributed by atoms with van der Waals surface area (Å²) in [6, 6.07) is 23.9. The summed E-state index contributed by atoms with van der Waals surface area (Å²) in [7, 11) is 0. The van der Waals surface area contributed by atoms with E-state index in [1.54, 1.807) is 6.07 Å². The van der Waals surface area contributed by atoms with Crippen LogP contribution in [0.1, 0.15) is 0 Å². The lowest BCUT2D eigenvalue weighted by Crippen LogP contribution is -1.98. The molecule has 0 saturated carbocycles. The SMILES string of the molecule is Nc1c(Cl)cccc1Nc1ccccc1-c1ccccc1. The number of hydrogen-bond donors (Lipinski definition) is 2. The van der Waals surface area contributed by atoms with E-state index in [0.29, 0.717) is 10.7 Å². The number of benzene rings is 3. The fourth-order valence-corrected chi connectivity index (χ4v) is 2.43. The average molecular weight is 295 g/mol. The zero-order valence-corrected chi connectivity index (χ0v) is 12.1. The molecule has 0 aromatic heterocycles. The summed E-state index contributed by atoms with van der Waals surface area (Å²) >= 11 is 6.07. The second-order valence-electron chi connectivity index (χ2n) is 4.74. The van der Waals surface area contributed by atoms with Crippen LogP contribution < -0.4 is 11.1 Å². The van der Waals surface area contributed by atoms with Crippen molar-refractivity contribution < 1.29 is 0 Å². The fourth-order valence-electron chi connectivity index (χ4n) is 2.25. The van der Waals surface area contributed by atoms with E-state index in [-0.39, 0.29) is 0 Å². The number of para-hydroxylation sites is 2. The van der Waals surface area contributed by atoms with E-state index >= 15 is 0 Å². The van der Waals surface area contributed by atoms with Gasteiger partial charge >= 0.3 is 0 Å². The van der Waals surface area contributed by atoms with Gasteiger partial charge in [-0.25, -0.2) is 0 Å². The van der Waals surface area contributed by atoms with Gasteiger partial charge in [-0.3, -0.25) is 0 Å². The van der Waals surface area contributed by atoms with Crippen LogP contribution in [-0.4, -0.2) is 0 Å². The summed E-state index contributed by atoms with van der Waals surface area (Å²) < 4.78 is 0. The standard InChI is InChI=1S/C18H15ClN2/c19-15-10-6-12-17(18(15)20)21-16-11-5-4-9-14(16)13-7-2-1-3-8-13/h1-12,21H,20H2. The molecule has 0 spiro atoms. The Morgan fingerprint density at radius 3 is 2.19 bits per heavy atom. The molecule has 0 aliphatic rings. The first-order valence-electron chi connectivity index (χ1n) is 6.71. The minimum atomic E-state index is 0.553. The van der Waals surface area contributed by atoms with E-state index in [0.717, 1.165) is 22.5 Å². The van der Waals surface area contributed by atoms with Crippen molar-refractivity contribution in [2.75, 3.05) is 11.1 Å². The first-order chi connectivity index (χ1) is 10.3. The molecule has 0 saturated heterocycles. The van der Waals surface area contributed by atoms with Crippen LogP contribution in [0.5, 0.6) is 0 Å². The molecule has 0 unspecified atom stereocenters. The van der Waals surface area contributed by atoms with Crippen LogP contribution in [0.2, 0.25) is 5.02 Å². The van der Waals surface area contributed by atoms with Gasteiger partial charge in [0.1, 0.15) is 0 Å². The third-order valence-corrected chi connectivity index (χ3v) is 3.66.